The molecule has 2 saturated heterocycles. The summed E-state index contributed by atoms with van der Waals surface area (Å²) in [6.07, 6.45) is 1.03. The van der Waals surface area contributed by atoms with Crippen molar-refractivity contribution in [3.05, 3.63) is 99.9 Å². The Morgan fingerprint density at radius 1 is 0.771 bits per heavy atom. The third kappa shape index (κ3) is 3.92. The number of carbonyl (C=O) groups excluding carboxylic acids is 4. The Bertz CT molecular complexity index is 1990. The molecule has 1 N–H and O–H groups in total. The van der Waals surface area contributed by atoms with Crippen LogP contribution in [0.15, 0.2) is 54.1 Å². The van der Waals surface area contributed by atoms with E-state index in [2.05, 4.69) is 0 Å². The van der Waals surface area contributed by atoms with E-state index in [1.165, 1.54) is 12.1 Å². The average molecular weight is 705 g/mol. The monoisotopic (exact) mass is 704 g/mol. The van der Waals surface area contributed by atoms with Crippen molar-refractivity contribution < 1.29 is 46.2 Å². The van der Waals surface area contributed by atoms with Gasteiger partial charge in [0.25, 0.3) is 11.8 Å². The molecule has 48 heavy (non-hydrogen) atoms. The Morgan fingerprint density at radius 3 is 1.92 bits per heavy atom. The predicted molar refractivity (Wildman–Crippen MR) is 163 cm³/mol. The first kappa shape index (κ1) is 32.3. The summed E-state index contributed by atoms with van der Waals surface area (Å²) >= 11 is 14.3. The van der Waals surface area contributed by atoms with E-state index in [1.807, 2.05) is 0 Å². The van der Waals surface area contributed by atoms with Crippen LogP contribution in [0.1, 0.15) is 35.4 Å². The van der Waals surface area contributed by atoms with Gasteiger partial charge in [0.05, 0.1) is 17.5 Å². The normalized spacial score (nSPS) is 29.6. The first-order valence-corrected chi connectivity index (χ1v) is 15.5. The summed E-state index contributed by atoms with van der Waals surface area (Å²) in [6, 6.07) is 11.0. The summed E-state index contributed by atoms with van der Waals surface area (Å²) < 4.78 is 73.2. The summed E-state index contributed by atoms with van der Waals surface area (Å²) in [5.74, 6) is -21.0. The van der Waals surface area contributed by atoms with Gasteiger partial charge in [-0.2, -0.15) is 0 Å². The Kier molecular flexibility index (Phi) is 7.13. The van der Waals surface area contributed by atoms with Gasteiger partial charge in [-0.05, 0) is 61.4 Å². The lowest BCUT2D eigenvalue weighted by molar-refractivity contribution is -0.125. The second-order valence-corrected chi connectivity index (χ2v) is 13.8. The number of allylic oxidation sites excluding steroid dienone is 2. The lowest BCUT2D eigenvalue weighted by atomic mass is 9.56. The lowest BCUT2D eigenvalue weighted by Crippen LogP contribution is -2.60. The number of halogens is 7. The number of phenols is 1. The van der Waals surface area contributed by atoms with Crippen LogP contribution in [0.4, 0.5) is 33.3 Å². The first-order valence-electron chi connectivity index (χ1n) is 14.8. The minimum absolute atomic E-state index is 0.0166. The highest BCUT2D eigenvalue weighted by Crippen LogP contribution is 2.66. The van der Waals surface area contributed by atoms with Crippen molar-refractivity contribution in [3.8, 4) is 5.75 Å². The molecule has 7 nitrogen and oxygen atoms in total. The number of rotatable bonds is 3. The molecular weight excluding hydrogens is 682 g/mol. The van der Waals surface area contributed by atoms with Crippen LogP contribution in [0.5, 0.6) is 5.75 Å². The molecule has 0 radical (unpaired) electrons. The molecule has 6 atom stereocenters. The van der Waals surface area contributed by atoms with Crippen LogP contribution in [0.2, 0.25) is 0 Å². The molecule has 7 rings (SSSR count). The maximum atomic E-state index is 15.2. The van der Waals surface area contributed by atoms with Gasteiger partial charge in [0, 0.05) is 5.92 Å². The van der Waals surface area contributed by atoms with Crippen LogP contribution < -0.4 is 9.80 Å². The quantitative estimate of drug-likeness (QED) is 0.0843. The second kappa shape index (κ2) is 10.6. The lowest BCUT2D eigenvalue weighted by Gasteiger charge is -2.50. The molecule has 1 saturated carbocycles. The van der Waals surface area contributed by atoms with Gasteiger partial charge < -0.3 is 5.11 Å². The molecule has 0 aromatic heterocycles. The number of benzene rings is 3. The van der Waals surface area contributed by atoms with Crippen LogP contribution in [0, 0.1) is 60.7 Å². The zero-order valence-electron chi connectivity index (χ0n) is 25.0. The van der Waals surface area contributed by atoms with Gasteiger partial charge in [-0.15, -0.1) is 23.2 Å². The van der Waals surface area contributed by atoms with E-state index in [-0.39, 0.29) is 22.6 Å². The molecule has 3 aromatic rings. The smallest absolute Gasteiger partial charge is 0.258 e. The number of amides is 4. The highest BCUT2D eigenvalue weighted by molar-refractivity contribution is 6.58. The van der Waals surface area contributed by atoms with Gasteiger partial charge in [0.1, 0.15) is 11.4 Å². The summed E-state index contributed by atoms with van der Waals surface area (Å²) in [7, 11) is 0. The van der Waals surface area contributed by atoms with E-state index in [0.29, 0.717) is 22.4 Å². The zero-order valence-corrected chi connectivity index (χ0v) is 26.5. The topological polar surface area (TPSA) is 95.0 Å². The highest BCUT2D eigenvalue weighted by Gasteiger charge is 2.77. The molecular formula is C34H23Cl2F5N2O5. The van der Waals surface area contributed by atoms with Crippen molar-refractivity contribution in [2.45, 2.75) is 42.4 Å². The number of hydrogen-bond donors (Lipinski definition) is 1. The van der Waals surface area contributed by atoms with Crippen molar-refractivity contribution in [1.82, 2.24) is 0 Å². The standard InChI is InChI=1S/C34H23Cl2F5N2O5/c1-13-10-15(11-14(2)28(13)44)21-17-8-9-18-20(30(46)42(29(18)45)16-6-4-3-5-7-16)19(17)12-33(35)31(47)43(32(48)34(21,33)36)27-25(40)23(38)22(37)24(39)26(27)41/h3-8,10-11,18-21,44H,9,12H2,1-2H3/t18-,19+,20-,21-,33+,34-/m0/s1. The van der Waals surface area contributed by atoms with Gasteiger partial charge in [0.15, 0.2) is 33.0 Å². The van der Waals surface area contributed by atoms with Crippen LogP contribution in [0.25, 0.3) is 0 Å². The van der Waals surface area contributed by atoms with E-state index >= 15 is 8.78 Å². The van der Waals surface area contributed by atoms with Gasteiger partial charge >= 0.3 is 0 Å². The second-order valence-electron chi connectivity index (χ2n) is 12.5. The molecule has 0 spiro atoms. The fraction of sp³-hybridized carbons (Fsp3) is 0.294. The number of anilines is 2. The maximum absolute atomic E-state index is 15.2. The number of para-hydroxylation sites is 1. The van der Waals surface area contributed by atoms with Gasteiger partial charge in [-0.1, -0.05) is 42.0 Å². The molecule has 248 valence electrons. The van der Waals surface area contributed by atoms with Gasteiger partial charge in [0.2, 0.25) is 17.6 Å². The third-order valence-corrected chi connectivity index (χ3v) is 11.5. The Morgan fingerprint density at radius 2 is 1.33 bits per heavy atom. The summed E-state index contributed by atoms with van der Waals surface area (Å²) in [5.41, 5.74) is -0.365. The van der Waals surface area contributed by atoms with Crippen molar-refractivity contribution in [2.75, 3.05) is 9.80 Å². The number of carbonyl (C=O) groups is 4. The SMILES string of the molecule is Cc1cc([C@H]2C3=CC[C@@H]4C(=O)N(c5ccccc5)C(=O)[C@@H]4[C@@H]3C[C@@]3(Cl)C(=O)N(c4c(F)c(F)c(F)c(F)c4F)C(=O)[C@@]23Cl)cc(C)c1O. The fourth-order valence-corrected chi connectivity index (χ4v) is 8.86. The highest BCUT2D eigenvalue weighted by atomic mass is 35.5. The largest absolute Gasteiger partial charge is 0.507 e. The number of aryl methyl sites for hydroxylation is 2. The van der Waals surface area contributed by atoms with Gasteiger partial charge in [-0.25, -0.2) is 26.9 Å². The van der Waals surface area contributed by atoms with Crippen molar-refractivity contribution in [2.24, 2.45) is 17.8 Å². The van der Waals surface area contributed by atoms with Crippen LogP contribution in [0.3, 0.4) is 0 Å². The Hall–Kier alpha value is -4.29. The van der Waals surface area contributed by atoms with Crippen molar-refractivity contribution in [3.63, 3.8) is 0 Å². The summed E-state index contributed by atoms with van der Waals surface area (Å²) in [4.78, 5) is 51.9. The summed E-state index contributed by atoms with van der Waals surface area (Å²) in [5, 5.41) is 10.5. The number of phenolic OH excluding ortho intramolecular Hbond substituents is 1. The first-order chi connectivity index (χ1) is 22.6. The Labute approximate surface area is 279 Å². The molecule has 3 aromatic carbocycles. The van der Waals surface area contributed by atoms with E-state index < -0.39 is 98.2 Å². The number of alkyl halides is 2. The molecule has 4 amide bonds. The fourth-order valence-electron chi connectivity index (χ4n) is 7.93. The number of hydrogen-bond acceptors (Lipinski definition) is 5. The van der Waals surface area contributed by atoms with E-state index in [1.54, 1.807) is 50.3 Å². The molecule has 0 unspecified atom stereocenters. The third-order valence-electron chi connectivity index (χ3n) is 10.1. The van der Waals surface area contributed by atoms with Gasteiger partial charge in [-0.3, -0.25) is 24.1 Å². The number of nitrogens with zero attached hydrogens (tertiary/aromatic N) is 2. The van der Waals surface area contributed by atoms with Crippen molar-refractivity contribution >= 4 is 58.2 Å². The number of fused-ring (bicyclic) bond motifs is 4. The maximum Gasteiger partial charge on any atom is 0.258 e. The van der Waals surface area contributed by atoms with Crippen molar-refractivity contribution in [1.29, 1.82) is 0 Å². The van der Waals surface area contributed by atoms with Crippen LogP contribution in [-0.2, 0) is 19.2 Å². The van der Waals surface area contributed by atoms with Crippen LogP contribution >= 0.6 is 23.2 Å². The Balaban J connectivity index is 1.46. The number of aromatic hydroxyl groups is 1. The molecule has 14 heteroatoms. The molecule has 3 fully saturated rings. The predicted octanol–water partition coefficient (Wildman–Crippen LogP) is 6.47. The van der Waals surface area contributed by atoms with Crippen LogP contribution in [-0.4, -0.2) is 38.5 Å². The minimum Gasteiger partial charge on any atom is -0.507 e. The molecule has 4 aliphatic rings. The molecule has 2 heterocycles. The van der Waals surface area contributed by atoms with E-state index in [9.17, 15) is 37.5 Å². The molecule has 2 aliphatic carbocycles. The van der Waals surface area contributed by atoms with E-state index in [4.69, 9.17) is 23.2 Å². The average Bonchev–Trinajstić information content (AvgIpc) is 3.40. The zero-order chi connectivity index (χ0) is 34.8. The minimum atomic E-state index is -2.64. The number of imide groups is 2. The molecule has 2 aliphatic heterocycles. The summed E-state index contributed by atoms with van der Waals surface area (Å²) in [6.45, 7) is 3.10. The van der Waals surface area contributed by atoms with E-state index in [0.717, 1.165) is 4.90 Å². The molecule has 0 bridgehead atoms.